The first-order chi connectivity index (χ1) is 8.32. The van der Waals surface area contributed by atoms with E-state index in [0.717, 1.165) is 31.3 Å². The Morgan fingerprint density at radius 1 is 1.28 bits per heavy atom. The van der Waals surface area contributed by atoms with Gasteiger partial charge in [-0.15, -0.1) is 0 Å². The maximum atomic E-state index is 11.7. The third kappa shape index (κ3) is 3.58. The summed E-state index contributed by atoms with van der Waals surface area (Å²) in [4.78, 5) is 11.7. The van der Waals surface area contributed by atoms with E-state index in [1.54, 1.807) is 0 Å². The van der Waals surface area contributed by atoms with Crippen LogP contribution in [0.4, 0.5) is 0 Å². The summed E-state index contributed by atoms with van der Waals surface area (Å²) in [7, 11) is 0. The topological polar surface area (TPSA) is 46.5 Å². The first-order valence-electron chi connectivity index (χ1n) is 6.78. The summed E-state index contributed by atoms with van der Waals surface area (Å²) in [6, 6.07) is 0. The number of esters is 1. The molecule has 0 atom stereocenters. The van der Waals surface area contributed by atoms with E-state index in [0.29, 0.717) is 0 Å². The summed E-state index contributed by atoms with van der Waals surface area (Å²) < 4.78 is 5.30. The number of aliphatic hydroxyl groups is 1. The van der Waals surface area contributed by atoms with Gasteiger partial charge in [-0.1, -0.05) is 25.8 Å². The zero-order valence-electron chi connectivity index (χ0n) is 11.9. The highest BCUT2D eigenvalue weighted by Gasteiger charge is 2.35. The van der Waals surface area contributed by atoms with Crippen LogP contribution in [0.1, 0.15) is 52.9 Å². The molecule has 0 aromatic heterocycles. The van der Waals surface area contributed by atoms with Crippen molar-refractivity contribution in [1.82, 2.24) is 0 Å². The fourth-order valence-electron chi connectivity index (χ4n) is 2.37. The number of hydrogen-bond acceptors (Lipinski definition) is 3. The Bertz CT molecular complexity index is 306. The van der Waals surface area contributed by atoms with E-state index < -0.39 is 5.41 Å². The lowest BCUT2D eigenvalue weighted by molar-refractivity contribution is -0.152. The monoisotopic (exact) mass is 254 g/mol. The number of ether oxygens (including phenoxy) is 1. The van der Waals surface area contributed by atoms with E-state index in [4.69, 9.17) is 4.74 Å². The first kappa shape index (κ1) is 15.2. The molecular weight excluding hydrogens is 228 g/mol. The minimum Gasteiger partial charge on any atom is -0.461 e. The van der Waals surface area contributed by atoms with Crippen molar-refractivity contribution < 1.29 is 14.6 Å². The van der Waals surface area contributed by atoms with Gasteiger partial charge in [-0.3, -0.25) is 4.79 Å². The minimum absolute atomic E-state index is 0.110. The summed E-state index contributed by atoms with van der Waals surface area (Å²) in [5.41, 5.74) is 0.151. The normalized spacial score (nSPS) is 19.3. The Morgan fingerprint density at radius 2 is 1.83 bits per heavy atom. The van der Waals surface area contributed by atoms with Crippen LogP contribution in [0.25, 0.3) is 0 Å². The van der Waals surface area contributed by atoms with Crippen LogP contribution in [0.15, 0.2) is 12.2 Å². The highest BCUT2D eigenvalue weighted by Crippen LogP contribution is 2.41. The summed E-state index contributed by atoms with van der Waals surface area (Å²) in [5.74, 6) is -0.215. The number of rotatable bonds is 4. The van der Waals surface area contributed by atoms with Crippen molar-refractivity contribution in [3.8, 4) is 0 Å². The van der Waals surface area contributed by atoms with E-state index >= 15 is 0 Å². The second-order valence-corrected chi connectivity index (χ2v) is 6.43. The molecule has 0 aromatic rings. The number of hydrogen-bond donors (Lipinski definition) is 1. The molecule has 104 valence electrons. The van der Waals surface area contributed by atoms with Crippen LogP contribution in [0.3, 0.4) is 0 Å². The quantitative estimate of drug-likeness (QED) is 0.619. The second-order valence-electron chi connectivity index (χ2n) is 6.43. The fraction of sp³-hybridized carbons (Fsp3) is 0.800. The van der Waals surface area contributed by atoms with E-state index in [2.05, 4.69) is 6.58 Å². The van der Waals surface area contributed by atoms with Crippen LogP contribution in [0, 0.1) is 10.8 Å². The predicted octanol–water partition coefficient (Wildman–Crippen LogP) is 3.07. The summed E-state index contributed by atoms with van der Waals surface area (Å²) in [6.45, 7) is 9.88. The van der Waals surface area contributed by atoms with Crippen molar-refractivity contribution >= 4 is 5.97 Å². The smallest absolute Gasteiger partial charge is 0.311 e. The maximum absolute atomic E-state index is 11.7. The van der Waals surface area contributed by atoms with Crippen molar-refractivity contribution in [1.29, 1.82) is 0 Å². The highest BCUT2D eigenvalue weighted by atomic mass is 16.5. The van der Waals surface area contributed by atoms with Crippen molar-refractivity contribution in [2.75, 3.05) is 13.2 Å². The largest absolute Gasteiger partial charge is 0.461 e. The van der Waals surface area contributed by atoms with Gasteiger partial charge in [0, 0.05) is 5.41 Å². The molecule has 0 heterocycles. The Labute approximate surface area is 110 Å². The van der Waals surface area contributed by atoms with E-state index in [1.165, 1.54) is 6.42 Å². The molecule has 3 heteroatoms. The van der Waals surface area contributed by atoms with Gasteiger partial charge in [-0.05, 0) is 39.2 Å². The van der Waals surface area contributed by atoms with E-state index in [-0.39, 0.29) is 24.6 Å². The zero-order chi connectivity index (χ0) is 13.8. The number of aliphatic hydroxyl groups excluding tert-OH is 1. The molecule has 0 amide bonds. The van der Waals surface area contributed by atoms with E-state index in [1.807, 2.05) is 20.8 Å². The first-order valence-corrected chi connectivity index (χ1v) is 6.78. The molecule has 0 bridgehead atoms. The van der Waals surface area contributed by atoms with Crippen molar-refractivity contribution in [3.63, 3.8) is 0 Å². The van der Waals surface area contributed by atoms with Gasteiger partial charge in [0.25, 0.3) is 0 Å². The zero-order valence-corrected chi connectivity index (χ0v) is 11.9. The Balaban J connectivity index is 2.56. The van der Waals surface area contributed by atoms with Gasteiger partial charge in [0.2, 0.25) is 0 Å². The molecule has 0 radical (unpaired) electrons. The van der Waals surface area contributed by atoms with Crippen molar-refractivity contribution in [2.45, 2.75) is 52.9 Å². The van der Waals surface area contributed by atoms with Crippen molar-refractivity contribution in [3.05, 3.63) is 12.2 Å². The molecule has 1 fully saturated rings. The molecule has 1 saturated carbocycles. The van der Waals surface area contributed by atoms with Crippen molar-refractivity contribution in [2.24, 2.45) is 10.8 Å². The fourth-order valence-corrected chi connectivity index (χ4v) is 2.37. The molecular formula is C15H26O3. The summed E-state index contributed by atoms with van der Waals surface area (Å²) >= 11 is 0. The highest BCUT2D eigenvalue weighted by molar-refractivity contribution is 5.75. The molecule has 3 nitrogen and oxygen atoms in total. The SMILES string of the molecule is C=C(COC(=O)C(C)(C)C)C1(CO)CCCCC1. The van der Waals surface area contributed by atoms with Crippen LogP contribution in [-0.4, -0.2) is 24.3 Å². The molecule has 1 aliphatic carbocycles. The number of carbonyl (C=O) groups excluding carboxylic acids is 1. The third-order valence-electron chi connectivity index (χ3n) is 3.85. The lowest BCUT2D eigenvalue weighted by Crippen LogP contribution is -2.33. The van der Waals surface area contributed by atoms with Gasteiger partial charge < -0.3 is 9.84 Å². The predicted molar refractivity (Wildman–Crippen MR) is 72.2 cm³/mol. The van der Waals surface area contributed by atoms with Gasteiger partial charge in [-0.25, -0.2) is 0 Å². The molecule has 0 saturated heterocycles. The average Bonchev–Trinajstić information content (AvgIpc) is 2.35. The Kier molecular flexibility index (Phi) is 4.97. The number of carbonyl (C=O) groups is 1. The van der Waals surface area contributed by atoms with Crippen LogP contribution in [0.2, 0.25) is 0 Å². The molecule has 1 aliphatic rings. The lowest BCUT2D eigenvalue weighted by atomic mass is 9.70. The molecule has 1 N–H and O–H groups in total. The Hall–Kier alpha value is -0.830. The van der Waals surface area contributed by atoms with Crippen LogP contribution in [0.5, 0.6) is 0 Å². The van der Waals surface area contributed by atoms with Gasteiger partial charge in [0.15, 0.2) is 0 Å². The average molecular weight is 254 g/mol. The second kappa shape index (κ2) is 5.87. The lowest BCUT2D eigenvalue weighted by Gasteiger charge is -2.37. The van der Waals surface area contributed by atoms with Crippen LogP contribution < -0.4 is 0 Å². The standard InChI is InChI=1S/C15H26O3/c1-12(10-18-13(17)14(2,3)4)15(11-16)8-6-5-7-9-15/h16H,1,5-11H2,2-4H3. The van der Waals surface area contributed by atoms with Gasteiger partial charge in [0.1, 0.15) is 6.61 Å². The van der Waals surface area contributed by atoms with Gasteiger partial charge in [0.05, 0.1) is 12.0 Å². The van der Waals surface area contributed by atoms with Crippen LogP contribution in [-0.2, 0) is 9.53 Å². The molecule has 0 spiro atoms. The molecule has 0 aliphatic heterocycles. The maximum Gasteiger partial charge on any atom is 0.311 e. The van der Waals surface area contributed by atoms with E-state index in [9.17, 15) is 9.90 Å². The minimum atomic E-state index is -0.487. The third-order valence-corrected chi connectivity index (χ3v) is 3.85. The van der Waals surface area contributed by atoms with Crippen LogP contribution >= 0.6 is 0 Å². The molecule has 0 unspecified atom stereocenters. The molecule has 18 heavy (non-hydrogen) atoms. The Morgan fingerprint density at radius 3 is 2.28 bits per heavy atom. The summed E-state index contributed by atoms with van der Waals surface area (Å²) in [6.07, 6.45) is 5.36. The van der Waals surface area contributed by atoms with Gasteiger partial charge >= 0.3 is 5.97 Å². The molecule has 1 rings (SSSR count). The van der Waals surface area contributed by atoms with Gasteiger partial charge in [-0.2, -0.15) is 0 Å². The summed E-state index contributed by atoms with van der Waals surface area (Å²) in [5, 5.41) is 9.64. The molecule has 0 aromatic carbocycles.